The summed E-state index contributed by atoms with van der Waals surface area (Å²) in [5, 5.41) is -0.0745. The largest absolute Gasteiger partial charge is 0.444 e. The molecule has 0 aromatic carbocycles. The van der Waals surface area contributed by atoms with E-state index in [4.69, 9.17) is 4.74 Å². The fraction of sp³-hybridized carbons (Fsp3) is 0.773. The van der Waals surface area contributed by atoms with Crippen molar-refractivity contribution in [1.29, 1.82) is 0 Å². The lowest BCUT2D eigenvalue weighted by Crippen LogP contribution is -2.45. The monoisotopic (exact) mass is 436 g/mol. The molecule has 1 aliphatic heterocycles. The number of amides is 2. The molecule has 2 heterocycles. The van der Waals surface area contributed by atoms with Crippen LogP contribution in [-0.4, -0.2) is 67.6 Å². The number of rotatable bonds is 6. The smallest absolute Gasteiger partial charge is 0.410 e. The Balaban J connectivity index is 1.68. The second-order valence-electron chi connectivity index (χ2n) is 9.52. The number of thioether (sulfide) groups is 1. The van der Waals surface area contributed by atoms with Gasteiger partial charge in [-0.2, -0.15) is 11.8 Å². The van der Waals surface area contributed by atoms with E-state index in [1.807, 2.05) is 51.2 Å². The van der Waals surface area contributed by atoms with Gasteiger partial charge in [0.05, 0.1) is 11.8 Å². The van der Waals surface area contributed by atoms with E-state index in [9.17, 15) is 9.59 Å². The number of aryl methyl sites for hydroxylation is 1. The van der Waals surface area contributed by atoms with Crippen LogP contribution >= 0.6 is 11.8 Å². The van der Waals surface area contributed by atoms with Crippen LogP contribution in [0.25, 0.3) is 0 Å². The number of aromatic nitrogens is 2. The third-order valence-electron chi connectivity index (χ3n) is 6.37. The second-order valence-corrected chi connectivity index (χ2v) is 10.7. The van der Waals surface area contributed by atoms with Gasteiger partial charge < -0.3 is 19.1 Å². The molecule has 8 heteroatoms. The molecule has 0 unspecified atom stereocenters. The van der Waals surface area contributed by atoms with Gasteiger partial charge in [0, 0.05) is 38.1 Å². The summed E-state index contributed by atoms with van der Waals surface area (Å²) in [5.41, 5.74) is -0.358. The Kier molecular flexibility index (Phi) is 6.75. The number of carbonyl (C=O) groups is 2. The first-order valence-corrected chi connectivity index (χ1v) is 12.2. The van der Waals surface area contributed by atoms with Crippen molar-refractivity contribution in [2.24, 2.45) is 5.41 Å². The van der Waals surface area contributed by atoms with Crippen molar-refractivity contribution >= 4 is 23.8 Å². The molecule has 168 valence electrons. The fourth-order valence-electron chi connectivity index (χ4n) is 4.37. The van der Waals surface area contributed by atoms with Crippen LogP contribution in [0.2, 0.25) is 0 Å². The molecule has 3 rings (SSSR count). The van der Waals surface area contributed by atoms with Gasteiger partial charge in [0.1, 0.15) is 11.4 Å². The Morgan fingerprint density at radius 1 is 1.37 bits per heavy atom. The van der Waals surface area contributed by atoms with Crippen LogP contribution in [0.3, 0.4) is 0 Å². The second kappa shape index (κ2) is 8.81. The summed E-state index contributed by atoms with van der Waals surface area (Å²) in [5.74, 6) is 1.12. The van der Waals surface area contributed by atoms with E-state index in [2.05, 4.69) is 21.4 Å². The van der Waals surface area contributed by atoms with Crippen LogP contribution in [-0.2, 0) is 22.6 Å². The zero-order chi connectivity index (χ0) is 22.1. The molecule has 1 aliphatic carbocycles. The van der Waals surface area contributed by atoms with Gasteiger partial charge in [-0.25, -0.2) is 9.78 Å². The summed E-state index contributed by atoms with van der Waals surface area (Å²) < 4.78 is 7.63. The SMILES string of the molecule is CCn1ccnc1CN(C(=O)[C@H](C)SC)[C@H]1CC12CCN(C(=O)OC(C)(C)C)CC2. The fourth-order valence-corrected chi connectivity index (χ4v) is 4.71. The number of carbonyl (C=O) groups excluding carboxylic acids is 2. The van der Waals surface area contributed by atoms with E-state index < -0.39 is 5.60 Å². The third-order valence-corrected chi connectivity index (χ3v) is 7.28. The molecule has 2 atom stereocenters. The molecular formula is C22H36N4O3S. The molecule has 30 heavy (non-hydrogen) atoms. The number of likely N-dealkylation sites (tertiary alicyclic amines) is 1. The van der Waals surface area contributed by atoms with Crippen LogP contribution in [0.15, 0.2) is 12.4 Å². The van der Waals surface area contributed by atoms with E-state index in [1.165, 1.54) is 0 Å². The molecule has 1 aromatic heterocycles. The van der Waals surface area contributed by atoms with Crippen LogP contribution in [0, 0.1) is 5.41 Å². The van der Waals surface area contributed by atoms with Crippen molar-refractivity contribution in [3.8, 4) is 0 Å². The molecule has 2 aliphatic rings. The molecule has 1 spiro atoms. The molecule has 7 nitrogen and oxygen atoms in total. The normalized spacial score (nSPS) is 21.4. The first kappa shape index (κ1) is 23.0. The van der Waals surface area contributed by atoms with E-state index in [1.54, 1.807) is 11.8 Å². The number of nitrogens with zero attached hydrogens (tertiary/aromatic N) is 4. The molecule has 1 saturated heterocycles. The minimum atomic E-state index is -0.479. The number of ether oxygens (including phenoxy) is 1. The van der Waals surface area contributed by atoms with Crippen LogP contribution in [0.5, 0.6) is 0 Å². The molecule has 0 bridgehead atoms. The quantitative estimate of drug-likeness (QED) is 0.679. The lowest BCUT2D eigenvalue weighted by Gasteiger charge is -2.36. The van der Waals surface area contributed by atoms with Gasteiger partial charge in [-0.1, -0.05) is 0 Å². The predicted octanol–water partition coefficient (Wildman–Crippen LogP) is 3.77. The first-order chi connectivity index (χ1) is 14.1. The number of imidazole rings is 1. The lowest BCUT2D eigenvalue weighted by atomic mass is 9.92. The van der Waals surface area contributed by atoms with E-state index in [0.29, 0.717) is 19.6 Å². The van der Waals surface area contributed by atoms with Crippen molar-refractivity contribution in [2.75, 3.05) is 19.3 Å². The maximum atomic E-state index is 13.2. The zero-order valence-corrected chi connectivity index (χ0v) is 20.0. The summed E-state index contributed by atoms with van der Waals surface area (Å²) in [6.07, 6.45) is 8.36. The maximum Gasteiger partial charge on any atom is 0.410 e. The molecule has 2 fully saturated rings. The van der Waals surface area contributed by atoms with Crippen molar-refractivity contribution in [3.63, 3.8) is 0 Å². The van der Waals surface area contributed by atoms with Crippen LogP contribution in [0.4, 0.5) is 4.79 Å². The van der Waals surface area contributed by atoms with Gasteiger partial charge in [-0.3, -0.25) is 4.79 Å². The van der Waals surface area contributed by atoms with Crippen LogP contribution in [0.1, 0.15) is 59.7 Å². The van der Waals surface area contributed by atoms with Gasteiger partial charge in [0.2, 0.25) is 5.91 Å². The number of piperidine rings is 1. The van der Waals surface area contributed by atoms with Crippen molar-refractivity contribution in [2.45, 2.75) is 83.9 Å². The van der Waals surface area contributed by atoms with E-state index >= 15 is 0 Å². The standard InChI is InChI=1S/C22H36N4O3S/c1-7-24-13-10-23-18(24)15-26(19(27)16(2)30-6)17-14-22(17)8-11-25(12-9-22)20(28)29-21(3,4)5/h10,13,16-17H,7-9,11-12,14-15H2,1-6H3/t16-,17-/m0/s1. The highest BCUT2D eigenvalue weighted by Crippen LogP contribution is 2.57. The summed E-state index contributed by atoms with van der Waals surface area (Å²) in [4.78, 5) is 34.0. The molecule has 1 saturated carbocycles. The summed E-state index contributed by atoms with van der Waals surface area (Å²) in [7, 11) is 0. The number of hydrogen-bond donors (Lipinski definition) is 0. The van der Waals surface area contributed by atoms with Crippen LogP contribution < -0.4 is 0 Å². The highest BCUT2D eigenvalue weighted by atomic mass is 32.2. The van der Waals surface area contributed by atoms with Gasteiger partial charge in [0.15, 0.2) is 0 Å². The molecule has 2 amide bonds. The Bertz CT molecular complexity index is 765. The average molecular weight is 437 g/mol. The summed E-state index contributed by atoms with van der Waals surface area (Å²) in [6, 6.07) is 0.224. The Morgan fingerprint density at radius 2 is 2.03 bits per heavy atom. The Hall–Kier alpha value is -1.70. The zero-order valence-electron chi connectivity index (χ0n) is 19.2. The average Bonchev–Trinajstić information content (AvgIpc) is 3.18. The lowest BCUT2D eigenvalue weighted by molar-refractivity contribution is -0.132. The Morgan fingerprint density at radius 3 is 2.60 bits per heavy atom. The van der Waals surface area contributed by atoms with Crippen molar-refractivity contribution in [1.82, 2.24) is 19.4 Å². The predicted molar refractivity (Wildman–Crippen MR) is 119 cm³/mol. The molecule has 0 N–H and O–H groups in total. The van der Waals surface area contributed by atoms with E-state index in [0.717, 1.165) is 31.6 Å². The minimum Gasteiger partial charge on any atom is -0.444 e. The van der Waals surface area contributed by atoms with Gasteiger partial charge >= 0.3 is 6.09 Å². The summed E-state index contributed by atoms with van der Waals surface area (Å²) in [6.45, 7) is 12.5. The highest BCUT2D eigenvalue weighted by molar-refractivity contribution is 7.99. The first-order valence-electron chi connectivity index (χ1n) is 10.9. The topological polar surface area (TPSA) is 67.7 Å². The number of hydrogen-bond acceptors (Lipinski definition) is 5. The molecular weight excluding hydrogens is 400 g/mol. The third kappa shape index (κ3) is 4.95. The Labute approximate surface area is 184 Å². The molecule has 1 aromatic rings. The minimum absolute atomic E-state index is 0.0745. The van der Waals surface area contributed by atoms with Crippen molar-refractivity contribution in [3.05, 3.63) is 18.2 Å². The van der Waals surface area contributed by atoms with Crippen molar-refractivity contribution < 1.29 is 14.3 Å². The van der Waals surface area contributed by atoms with Gasteiger partial charge in [-0.15, -0.1) is 0 Å². The molecule has 0 radical (unpaired) electrons. The maximum absolute atomic E-state index is 13.2. The van der Waals surface area contributed by atoms with Gasteiger partial charge in [-0.05, 0) is 65.6 Å². The summed E-state index contributed by atoms with van der Waals surface area (Å²) >= 11 is 1.59. The van der Waals surface area contributed by atoms with Gasteiger partial charge in [0.25, 0.3) is 0 Å². The van der Waals surface area contributed by atoms with E-state index in [-0.39, 0.29) is 28.7 Å². The highest BCUT2D eigenvalue weighted by Gasteiger charge is 2.59.